The third-order valence-electron chi connectivity index (χ3n) is 0.778. The Kier molecular flexibility index (Phi) is 2.25. The number of furan rings is 1. The fraction of sp³-hybridized carbons (Fsp3) is 0.200. The molecule has 0 aliphatic heterocycles. The number of thiol groups is 1. The molecule has 0 atom stereocenters. The van der Waals surface area contributed by atoms with Crippen LogP contribution in [0.1, 0.15) is 5.76 Å². The summed E-state index contributed by atoms with van der Waals surface area (Å²) in [6.45, 7) is 0. The normalized spacial score (nSPS) is 9.75. The van der Waals surface area contributed by atoms with E-state index in [9.17, 15) is 0 Å². The van der Waals surface area contributed by atoms with Crippen LogP contribution in [0.5, 0.6) is 0 Å². The minimum absolute atomic E-state index is 0.684. The van der Waals surface area contributed by atoms with Crippen LogP contribution in [0, 0.1) is 3.57 Å². The van der Waals surface area contributed by atoms with Gasteiger partial charge in [-0.15, -0.1) is 0 Å². The van der Waals surface area contributed by atoms with Gasteiger partial charge in [0.25, 0.3) is 0 Å². The second kappa shape index (κ2) is 2.77. The van der Waals surface area contributed by atoms with Gasteiger partial charge >= 0.3 is 0 Å². The van der Waals surface area contributed by atoms with E-state index in [1.807, 2.05) is 6.07 Å². The maximum absolute atomic E-state index is 5.03. The number of halogens is 1. The van der Waals surface area contributed by atoms with Crippen LogP contribution in [0.25, 0.3) is 0 Å². The monoisotopic (exact) mass is 240 g/mol. The molecule has 0 unspecified atom stereocenters. The average molecular weight is 240 g/mol. The number of rotatable bonds is 1. The summed E-state index contributed by atoms with van der Waals surface area (Å²) in [7, 11) is 0. The molecule has 0 aliphatic rings. The smallest absolute Gasteiger partial charge is 0.114 e. The highest BCUT2D eigenvalue weighted by atomic mass is 127. The molecule has 0 aromatic carbocycles. The van der Waals surface area contributed by atoms with Crippen LogP contribution in [0.15, 0.2) is 16.7 Å². The van der Waals surface area contributed by atoms with Crippen molar-refractivity contribution < 1.29 is 4.42 Å². The second-order valence-corrected chi connectivity index (χ2v) is 2.95. The molecular weight excluding hydrogens is 235 g/mol. The van der Waals surface area contributed by atoms with Crippen LogP contribution >= 0.6 is 35.2 Å². The summed E-state index contributed by atoms with van der Waals surface area (Å²) in [5.74, 6) is 1.61. The Morgan fingerprint density at radius 2 is 2.50 bits per heavy atom. The van der Waals surface area contributed by atoms with Crippen molar-refractivity contribution in [1.82, 2.24) is 0 Å². The first kappa shape index (κ1) is 6.48. The van der Waals surface area contributed by atoms with Crippen molar-refractivity contribution in [2.45, 2.75) is 5.75 Å². The maximum Gasteiger partial charge on any atom is 0.114 e. The average Bonchev–Trinajstić information content (AvgIpc) is 2.14. The van der Waals surface area contributed by atoms with Gasteiger partial charge in [-0.3, -0.25) is 0 Å². The molecule has 1 rings (SSSR count). The van der Waals surface area contributed by atoms with Crippen LogP contribution in [-0.4, -0.2) is 0 Å². The molecule has 1 aromatic heterocycles. The Bertz CT molecular complexity index is 173. The van der Waals surface area contributed by atoms with Crippen LogP contribution in [-0.2, 0) is 5.75 Å². The molecular formula is C5H5IOS. The molecule has 0 bridgehead atoms. The minimum Gasteiger partial charge on any atom is -0.467 e. The van der Waals surface area contributed by atoms with Crippen molar-refractivity contribution in [3.8, 4) is 0 Å². The van der Waals surface area contributed by atoms with Crippen molar-refractivity contribution in [1.29, 1.82) is 0 Å². The van der Waals surface area contributed by atoms with Gasteiger partial charge < -0.3 is 4.42 Å². The molecule has 0 radical (unpaired) electrons. The summed E-state index contributed by atoms with van der Waals surface area (Å²) in [6, 6.07) is 1.97. The van der Waals surface area contributed by atoms with E-state index in [1.165, 1.54) is 0 Å². The summed E-state index contributed by atoms with van der Waals surface area (Å²) in [5.41, 5.74) is 0. The van der Waals surface area contributed by atoms with E-state index in [0.717, 1.165) is 9.33 Å². The molecule has 0 aliphatic carbocycles. The van der Waals surface area contributed by atoms with Gasteiger partial charge in [0.15, 0.2) is 0 Å². The van der Waals surface area contributed by atoms with E-state index in [2.05, 4.69) is 35.2 Å². The summed E-state index contributed by atoms with van der Waals surface area (Å²) in [6.07, 6.45) is 1.71. The first-order valence-electron chi connectivity index (χ1n) is 2.16. The molecule has 8 heavy (non-hydrogen) atoms. The Labute approximate surface area is 67.0 Å². The van der Waals surface area contributed by atoms with E-state index in [1.54, 1.807) is 6.26 Å². The van der Waals surface area contributed by atoms with E-state index >= 15 is 0 Å². The van der Waals surface area contributed by atoms with Gasteiger partial charge in [0, 0.05) is 5.75 Å². The third kappa shape index (κ3) is 1.42. The van der Waals surface area contributed by atoms with Crippen molar-refractivity contribution in [3.63, 3.8) is 0 Å². The van der Waals surface area contributed by atoms with Gasteiger partial charge in [-0.05, 0) is 28.7 Å². The molecule has 1 nitrogen and oxygen atoms in total. The predicted octanol–water partition coefficient (Wildman–Crippen LogP) is 2.31. The molecule has 44 valence electrons. The summed E-state index contributed by atoms with van der Waals surface area (Å²) in [4.78, 5) is 0. The standard InChI is InChI=1S/C5H5IOS/c6-4-1-5(3-8)7-2-4/h1-2,8H,3H2. The van der Waals surface area contributed by atoms with E-state index < -0.39 is 0 Å². The van der Waals surface area contributed by atoms with Gasteiger partial charge in [0.05, 0.1) is 3.57 Å². The number of hydrogen-bond acceptors (Lipinski definition) is 2. The topological polar surface area (TPSA) is 13.1 Å². The molecule has 1 heterocycles. The molecule has 0 fully saturated rings. The van der Waals surface area contributed by atoms with Gasteiger partial charge in [0.2, 0.25) is 0 Å². The molecule has 0 saturated heterocycles. The molecule has 0 saturated carbocycles. The summed E-state index contributed by atoms with van der Waals surface area (Å²) in [5, 5.41) is 0. The van der Waals surface area contributed by atoms with Gasteiger partial charge in [-0.25, -0.2) is 0 Å². The molecule has 0 amide bonds. The SMILES string of the molecule is SCc1cc(I)co1. The minimum atomic E-state index is 0.684. The van der Waals surface area contributed by atoms with Crippen molar-refractivity contribution in [2.24, 2.45) is 0 Å². The first-order valence-corrected chi connectivity index (χ1v) is 3.88. The van der Waals surface area contributed by atoms with Crippen LogP contribution in [0.3, 0.4) is 0 Å². The van der Waals surface area contributed by atoms with Crippen molar-refractivity contribution in [2.75, 3.05) is 0 Å². The Morgan fingerprint density at radius 3 is 2.75 bits per heavy atom. The third-order valence-corrected chi connectivity index (χ3v) is 1.65. The lowest BCUT2D eigenvalue weighted by atomic mass is 10.5. The quantitative estimate of drug-likeness (QED) is 0.587. The maximum atomic E-state index is 5.03. The summed E-state index contributed by atoms with van der Waals surface area (Å²) >= 11 is 6.22. The van der Waals surface area contributed by atoms with E-state index in [-0.39, 0.29) is 0 Å². The molecule has 0 N–H and O–H groups in total. The zero-order valence-corrected chi connectivity index (χ0v) is 7.15. The van der Waals surface area contributed by atoms with E-state index in [4.69, 9.17) is 4.42 Å². The molecule has 3 heteroatoms. The van der Waals surface area contributed by atoms with Crippen LogP contribution < -0.4 is 0 Å². The fourth-order valence-corrected chi connectivity index (χ4v) is 1.08. The highest BCUT2D eigenvalue weighted by Crippen LogP contribution is 2.10. The first-order chi connectivity index (χ1) is 3.83. The zero-order valence-electron chi connectivity index (χ0n) is 4.10. The summed E-state index contributed by atoms with van der Waals surface area (Å²) < 4.78 is 6.16. The van der Waals surface area contributed by atoms with Gasteiger partial charge in [-0.2, -0.15) is 12.6 Å². The van der Waals surface area contributed by atoms with Crippen molar-refractivity contribution in [3.05, 3.63) is 21.7 Å². The molecule has 1 aromatic rings. The zero-order chi connectivity index (χ0) is 5.98. The largest absolute Gasteiger partial charge is 0.467 e. The molecule has 0 spiro atoms. The van der Waals surface area contributed by atoms with Crippen molar-refractivity contribution >= 4 is 35.2 Å². The lowest BCUT2D eigenvalue weighted by molar-refractivity contribution is 0.529. The fourth-order valence-electron chi connectivity index (χ4n) is 0.437. The highest BCUT2D eigenvalue weighted by molar-refractivity contribution is 14.1. The highest BCUT2D eigenvalue weighted by Gasteiger charge is 1.93. The Hall–Kier alpha value is 0.360. The Balaban J connectivity index is 2.84. The Morgan fingerprint density at radius 1 is 1.75 bits per heavy atom. The van der Waals surface area contributed by atoms with Gasteiger partial charge in [-0.1, -0.05) is 0 Å². The van der Waals surface area contributed by atoms with Gasteiger partial charge in [0.1, 0.15) is 12.0 Å². The predicted molar refractivity (Wildman–Crippen MR) is 44.1 cm³/mol. The lowest BCUT2D eigenvalue weighted by Crippen LogP contribution is -1.64. The van der Waals surface area contributed by atoms with E-state index in [0.29, 0.717) is 5.75 Å². The van der Waals surface area contributed by atoms with Crippen LogP contribution in [0.2, 0.25) is 0 Å². The number of hydrogen-bond donors (Lipinski definition) is 1. The lowest BCUT2D eigenvalue weighted by Gasteiger charge is -1.79. The van der Waals surface area contributed by atoms with Crippen LogP contribution in [0.4, 0.5) is 0 Å². The second-order valence-electron chi connectivity index (χ2n) is 1.39.